The van der Waals surface area contributed by atoms with E-state index in [9.17, 15) is 0 Å². The maximum Gasteiger partial charge on any atom is 0.0270 e. The van der Waals surface area contributed by atoms with E-state index in [1.165, 1.54) is 5.56 Å². The highest BCUT2D eigenvalue weighted by atomic mass is 15.1. The molecule has 0 aliphatic carbocycles. The first-order valence-corrected chi connectivity index (χ1v) is 6.50. The molecule has 3 heteroatoms. The predicted molar refractivity (Wildman–Crippen MR) is 72.9 cm³/mol. The van der Waals surface area contributed by atoms with Crippen LogP contribution in [-0.2, 0) is 6.42 Å². The highest BCUT2D eigenvalue weighted by Gasteiger charge is 2.12. The van der Waals surface area contributed by atoms with Gasteiger partial charge in [-0.2, -0.15) is 0 Å². The number of nitrogens with zero attached hydrogens (tertiary/aromatic N) is 2. The highest BCUT2D eigenvalue weighted by Crippen LogP contribution is 2.04. The molecule has 0 amide bonds. The Morgan fingerprint density at radius 3 is 2.47 bits per heavy atom. The summed E-state index contributed by atoms with van der Waals surface area (Å²) in [6.45, 7) is 9.67. The summed E-state index contributed by atoms with van der Waals surface area (Å²) in [5.74, 6) is 0.546. The van der Waals surface area contributed by atoms with Crippen molar-refractivity contribution in [3.63, 3.8) is 0 Å². The van der Waals surface area contributed by atoms with Crippen LogP contribution < -0.4 is 5.73 Å². The molecule has 0 aliphatic rings. The van der Waals surface area contributed by atoms with E-state index in [0.717, 1.165) is 26.1 Å². The summed E-state index contributed by atoms with van der Waals surface area (Å²) < 4.78 is 0. The van der Waals surface area contributed by atoms with Crippen LogP contribution in [-0.4, -0.2) is 35.6 Å². The third kappa shape index (κ3) is 5.29. The molecule has 1 heterocycles. The number of pyridine rings is 1. The zero-order valence-electron chi connectivity index (χ0n) is 11.3. The zero-order chi connectivity index (χ0) is 12.7. The Morgan fingerprint density at radius 1 is 1.29 bits per heavy atom. The minimum absolute atomic E-state index is 0.271. The van der Waals surface area contributed by atoms with Crippen LogP contribution in [0.1, 0.15) is 26.3 Å². The lowest BCUT2D eigenvalue weighted by Crippen LogP contribution is -2.41. The summed E-state index contributed by atoms with van der Waals surface area (Å²) in [7, 11) is 0. The monoisotopic (exact) mass is 235 g/mol. The number of hydrogen-bond acceptors (Lipinski definition) is 3. The molecule has 0 radical (unpaired) electrons. The molecule has 1 rings (SSSR count). The fourth-order valence-electron chi connectivity index (χ4n) is 1.72. The standard InChI is InChI=1S/C14H25N3/c1-4-17(11-14(15)12(2)3)10-7-13-5-8-16-9-6-13/h5-6,8-9,12,14H,4,7,10-11,15H2,1-3H3/t14-/m1/s1. The predicted octanol–water partition coefficient (Wildman–Crippen LogP) is 1.93. The fraction of sp³-hybridized carbons (Fsp3) is 0.643. The van der Waals surface area contributed by atoms with E-state index in [-0.39, 0.29) is 6.04 Å². The van der Waals surface area contributed by atoms with Crippen LogP contribution in [0.25, 0.3) is 0 Å². The molecule has 96 valence electrons. The van der Waals surface area contributed by atoms with E-state index in [4.69, 9.17) is 5.73 Å². The van der Waals surface area contributed by atoms with Gasteiger partial charge in [-0.25, -0.2) is 0 Å². The van der Waals surface area contributed by atoms with Gasteiger partial charge in [0.05, 0.1) is 0 Å². The van der Waals surface area contributed by atoms with Crippen molar-refractivity contribution < 1.29 is 0 Å². The topological polar surface area (TPSA) is 42.2 Å². The average molecular weight is 235 g/mol. The molecule has 0 unspecified atom stereocenters. The van der Waals surface area contributed by atoms with E-state index in [1.54, 1.807) is 0 Å². The summed E-state index contributed by atoms with van der Waals surface area (Å²) in [5, 5.41) is 0. The second kappa shape index (κ2) is 7.41. The van der Waals surface area contributed by atoms with Gasteiger partial charge in [0.1, 0.15) is 0 Å². The maximum atomic E-state index is 6.11. The normalized spacial score (nSPS) is 13.3. The van der Waals surface area contributed by atoms with Gasteiger partial charge in [0, 0.05) is 31.5 Å². The van der Waals surface area contributed by atoms with Crippen LogP contribution in [0.2, 0.25) is 0 Å². The quantitative estimate of drug-likeness (QED) is 0.785. The van der Waals surface area contributed by atoms with Crippen LogP contribution in [0.3, 0.4) is 0 Å². The van der Waals surface area contributed by atoms with Gasteiger partial charge in [-0.05, 0) is 36.6 Å². The fourth-order valence-corrected chi connectivity index (χ4v) is 1.72. The van der Waals surface area contributed by atoms with Gasteiger partial charge in [-0.1, -0.05) is 20.8 Å². The first-order valence-electron chi connectivity index (χ1n) is 6.50. The van der Waals surface area contributed by atoms with Crippen molar-refractivity contribution in [1.29, 1.82) is 0 Å². The van der Waals surface area contributed by atoms with Crippen molar-refractivity contribution in [3.05, 3.63) is 30.1 Å². The van der Waals surface area contributed by atoms with Crippen molar-refractivity contribution in [2.45, 2.75) is 33.2 Å². The molecule has 1 aromatic rings. The van der Waals surface area contributed by atoms with E-state index in [0.29, 0.717) is 5.92 Å². The first kappa shape index (κ1) is 14.1. The lowest BCUT2D eigenvalue weighted by Gasteiger charge is -2.26. The largest absolute Gasteiger partial charge is 0.326 e. The van der Waals surface area contributed by atoms with E-state index in [2.05, 4.69) is 42.8 Å². The average Bonchev–Trinajstić information content (AvgIpc) is 2.35. The Kier molecular flexibility index (Phi) is 6.16. The number of rotatable bonds is 7. The van der Waals surface area contributed by atoms with Crippen LogP contribution in [0.5, 0.6) is 0 Å². The van der Waals surface area contributed by atoms with Crippen molar-refractivity contribution in [2.24, 2.45) is 11.7 Å². The van der Waals surface area contributed by atoms with Gasteiger partial charge in [-0.15, -0.1) is 0 Å². The molecule has 0 fully saturated rings. The SMILES string of the molecule is CCN(CCc1ccncc1)C[C@@H](N)C(C)C. The lowest BCUT2D eigenvalue weighted by atomic mass is 10.0. The number of nitrogens with two attached hydrogens (primary N) is 1. The molecule has 0 aromatic carbocycles. The maximum absolute atomic E-state index is 6.11. The van der Waals surface area contributed by atoms with Gasteiger partial charge in [-0.3, -0.25) is 4.98 Å². The smallest absolute Gasteiger partial charge is 0.0270 e. The van der Waals surface area contributed by atoms with Gasteiger partial charge >= 0.3 is 0 Å². The summed E-state index contributed by atoms with van der Waals surface area (Å²) in [6.07, 6.45) is 4.78. The number of hydrogen-bond donors (Lipinski definition) is 1. The zero-order valence-corrected chi connectivity index (χ0v) is 11.3. The minimum atomic E-state index is 0.271. The second-order valence-corrected chi connectivity index (χ2v) is 4.91. The van der Waals surface area contributed by atoms with Crippen LogP contribution in [0, 0.1) is 5.92 Å². The second-order valence-electron chi connectivity index (χ2n) is 4.91. The van der Waals surface area contributed by atoms with E-state index >= 15 is 0 Å². The molecule has 1 aromatic heterocycles. The Balaban J connectivity index is 2.37. The molecule has 17 heavy (non-hydrogen) atoms. The third-order valence-corrected chi connectivity index (χ3v) is 3.24. The Hall–Kier alpha value is -0.930. The molecule has 0 saturated heterocycles. The van der Waals surface area contributed by atoms with Crippen LogP contribution in [0.15, 0.2) is 24.5 Å². The summed E-state index contributed by atoms with van der Waals surface area (Å²) >= 11 is 0. The third-order valence-electron chi connectivity index (χ3n) is 3.24. The Morgan fingerprint density at radius 2 is 1.94 bits per heavy atom. The molecular formula is C14H25N3. The van der Waals surface area contributed by atoms with Crippen LogP contribution in [0.4, 0.5) is 0 Å². The number of likely N-dealkylation sites (N-methyl/N-ethyl adjacent to an activating group) is 1. The van der Waals surface area contributed by atoms with Crippen molar-refractivity contribution in [2.75, 3.05) is 19.6 Å². The van der Waals surface area contributed by atoms with Gasteiger partial charge in [0.25, 0.3) is 0 Å². The first-order chi connectivity index (χ1) is 8.13. The van der Waals surface area contributed by atoms with Gasteiger partial charge < -0.3 is 10.6 Å². The molecule has 0 aliphatic heterocycles. The summed E-state index contributed by atoms with van der Waals surface area (Å²) in [5.41, 5.74) is 7.45. The molecule has 1 atom stereocenters. The summed E-state index contributed by atoms with van der Waals surface area (Å²) in [4.78, 5) is 6.45. The molecule has 0 spiro atoms. The van der Waals surface area contributed by atoms with Crippen LogP contribution >= 0.6 is 0 Å². The highest BCUT2D eigenvalue weighted by molar-refractivity contribution is 5.09. The number of aromatic nitrogens is 1. The molecule has 3 nitrogen and oxygen atoms in total. The lowest BCUT2D eigenvalue weighted by molar-refractivity contribution is 0.251. The minimum Gasteiger partial charge on any atom is -0.326 e. The molecule has 0 bridgehead atoms. The van der Waals surface area contributed by atoms with Crippen molar-refractivity contribution in [1.82, 2.24) is 9.88 Å². The molecule has 0 saturated carbocycles. The van der Waals surface area contributed by atoms with Gasteiger partial charge in [0.15, 0.2) is 0 Å². The van der Waals surface area contributed by atoms with E-state index in [1.807, 2.05) is 12.4 Å². The van der Waals surface area contributed by atoms with Crippen molar-refractivity contribution in [3.8, 4) is 0 Å². The molecule has 2 N–H and O–H groups in total. The van der Waals surface area contributed by atoms with Gasteiger partial charge in [0.2, 0.25) is 0 Å². The summed E-state index contributed by atoms with van der Waals surface area (Å²) in [6, 6.07) is 4.43. The Bertz CT molecular complexity index is 298. The van der Waals surface area contributed by atoms with E-state index < -0.39 is 0 Å². The molecular weight excluding hydrogens is 210 g/mol. The van der Waals surface area contributed by atoms with Crippen molar-refractivity contribution >= 4 is 0 Å². The Labute approximate surface area is 105 Å².